The summed E-state index contributed by atoms with van der Waals surface area (Å²) in [5.41, 5.74) is -0.858. The van der Waals surface area contributed by atoms with Crippen LogP contribution in [0.3, 0.4) is 0 Å². The molecular weight excluding hydrogens is 283 g/mol. The summed E-state index contributed by atoms with van der Waals surface area (Å²) in [6, 6.07) is 4.10. The molecule has 3 rings (SSSR count). The van der Waals surface area contributed by atoms with E-state index >= 15 is 0 Å². The van der Waals surface area contributed by atoms with Crippen molar-refractivity contribution in [2.24, 2.45) is 0 Å². The van der Waals surface area contributed by atoms with Gasteiger partial charge in [0.25, 0.3) is 0 Å². The molecule has 1 aliphatic rings. The maximum absolute atomic E-state index is 12.7. The number of alkyl halides is 3. The summed E-state index contributed by atoms with van der Waals surface area (Å²) in [4.78, 5) is 9.52. The third-order valence-electron chi connectivity index (χ3n) is 3.56. The Kier molecular flexibility index (Phi) is 3.52. The number of anilines is 1. The third-order valence-corrected chi connectivity index (χ3v) is 3.56. The van der Waals surface area contributed by atoms with Crippen molar-refractivity contribution in [1.29, 1.82) is 0 Å². The van der Waals surface area contributed by atoms with Crippen LogP contribution in [-0.2, 0) is 6.18 Å². The van der Waals surface area contributed by atoms with E-state index < -0.39 is 11.9 Å². The molecule has 0 aliphatic carbocycles. The van der Waals surface area contributed by atoms with Crippen LogP contribution in [0.15, 0.2) is 30.9 Å². The third kappa shape index (κ3) is 2.98. The highest BCUT2D eigenvalue weighted by Gasteiger charge is 2.33. The minimum atomic E-state index is -4.42. The first-order chi connectivity index (χ1) is 10.0. The second kappa shape index (κ2) is 5.34. The molecule has 112 valence electrons. The number of halogens is 3. The van der Waals surface area contributed by atoms with Crippen LogP contribution in [0.1, 0.15) is 24.6 Å². The second-order valence-electron chi connectivity index (χ2n) is 5.00. The summed E-state index contributed by atoms with van der Waals surface area (Å²) < 4.78 is 39.9. The Bertz CT molecular complexity index is 596. The Labute approximate surface area is 119 Å². The van der Waals surface area contributed by atoms with Crippen LogP contribution < -0.4 is 4.90 Å². The molecule has 8 heteroatoms. The van der Waals surface area contributed by atoms with Gasteiger partial charge in [-0.05, 0) is 25.0 Å². The number of piperidine rings is 1. The summed E-state index contributed by atoms with van der Waals surface area (Å²) in [5, 5.41) is 4.10. The van der Waals surface area contributed by atoms with Crippen LogP contribution in [-0.4, -0.2) is 32.8 Å². The largest absolute Gasteiger partial charge is 0.433 e. The van der Waals surface area contributed by atoms with E-state index in [0.29, 0.717) is 18.9 Å². The molecule has 0 bridgehead atoms. The highest BCUT2D eigenvalue weighted by molar-refractivity contribution is 5.40. The van der Waals surface area contributed by atoms with Crippen molar-refractivity contribution in [3.8, 4) is 0 Å². The fraction of sp³-hybridized carbons (Fsp3) is 0.462. The van der Waals surface area contributed by atoms with E-state index in [-0.39, 0.29) is 6.04 Å². The van der Waals surface area contributed by atoms with Gasteiger partial charge in [0.05, 0.1) is 6.04 Å². The highest BCUT2D eigenvalue weighted by atomic mass is 19.4. The van der Waals surface area contributed by atoms with Gasteiger partial charge in [-0.25, -0.2) is 14.6 Å². The Hall–Kier alpha value is -2.12. The Balaban J connectivity index is 1.80. The molecule has 1 unspecified atom stereocenters. The van der Waals surface area contributed by atoms with Gasteiger partial charge in [-0.15, -0.1) is 0 Å². The van der Waals surface area contributed by atoms with Gasteiger partial charge in [0.15, 0.2) is 0 Å². The predicted octanol–water partition coefficient (Wildman–Crippen LogP) is 2.53. The van der Waals surface area contributed by atoms with E-state index in [1.54, 1.807) is 17.1 Å². The second-order valence-corrected chi connectivity index (χ2v) is 5.00. The summed E-state index contributed by atoms with van der Waals surface area (Å²) in [6.45, 7) is 1.27. The molecule has 5 nitrogen and oxygen atoms in total. The number of aromatic nitrogens is 4. The van der Waals surface area contributed by atoms with Crippen LogP contribution in [0.4, 0.5) is 19.0 Å². The van der Waals surface area contributed by atoms with Crippen LogP contribution in [0, 0.1) is 0 Å². The molecule has 0 amide bonds. The molecular formula is C13H14F3N5. The fourth-order valence-electron chi connectivity index (χ4n) is 2.54. The highest BCUT2D eigenvalue weighted by Crippen LogP contribution is 2.30. The van der Waals surface area contributed by atoms with Crippen molar-refractivity contribution in [3.05, 3.63) is 36.5 Å². The van der Waals surface area contributed by atoms with E-state index in [2.05, 4.69) is 15.1 Å². The summed E-state index contributed by atoms with van der Waals surface area (Å²) in [6.07, 6.45) is 0.480. The maximum Gasteiger partial charge on any atom is 0.433 e. The Morgan fingerprint density at radius 2 is 2.10 bits per heavy atom. The summed E-state index contributed by atoms with van der Waals surface area (Å²) >= 11 is 0. The average molecular weight is 297 g/mol. The number of rotatable bonds is 2. The molecule has 2 aromatic rings. The molecule has 0 N–H and O–H groups in total. The lowest BCUT2D eigenvalue weighted by molar-refractivity contribution is -0.141. The first-order valence-corrected chi connectivity index (χ1v) is 6.67. The van der Waals surface area contributed by atoms with Crippen molar-refractivity contribution in [2.45, 2.75) is 25.1 Å². The lowest BCUT2D eigenvalue weighted by atomic mass is 10.1. The monoisotopic (exact) mass is 297 g/mol. The molecule has 21 heavy (non-hydrogen) atoms. The van der Waals surface area contributed by atoms with Crippen molar-refractivity contribution < 1.29 is 13.2 Å². The smallest absolute Gasteiger partial charge is 0.354 e. The van der Waals surface area contributed by atoms with Crippen LogP contribution in [0.5, 0.6) is 0 Å². The standard InChI is InChI=1S/C13H14F3N5/c14-13(15,16)11-4-1-5-12(19-11)20-6-2-3-10(7-20)21-9-17-8-18-21/h1,4-5,8-10H,2-3,6-7H2. The molecule has 0 radical (unpaired) electrons. The zero-order chi connectivity index (χ0) is 14.9. The quantitative estimate of drug-likeness (QED) is 0.854. The first kappa shape index (κ1) is 13.8. The summed E-state index contributed by atoms with van der Waals surface area (Å²) in [5.74, 6) is 0.356. The molecule has 0 spiro atoms. The number of pyridine rings is 1. The van der Waals surface area contributed by atoms with Crippen LogP contribution >= 0.6 is 0 Å². The zero-order valence-electron chi connectivity index (χ0n) is 11.2. The zero-order valence-corrected chi connectivity index (χ0v) is 11.2. The van der Waals surface area contributed by atoms with Gasteiger partial charge in [-0.3, -0.25) is 0 Å². The van der Waals surface area contributed by atoms with Gasteiger partial charge >= 0.3 is 6.18 Å². The van der Waals surface area contributed by atoms with E-state index in [1.165, 1.54) is 12.4 Å². The van der Waals surface area contributed by atoms with Crippen LogP contribution in [0.25, 0.3) is 0 Å². The first-order valence-electron chi connectivity index (χ1n) is 6.67. The average Bonchev–Trinajstić information content (AvgIpc) is 3.01. The van der Waals surface area contributed by atoms with Gasteiger partial charge in [0.1, 0.15) is 24.2 Å². The maximum atomic E-state index is 12.7. The SMILES string of the molecule is FC(F)(F)c1cccc(N2CCCC(n3cncn3)C2)n1. The van der Waals surface area contributed by atoms with Crippen LogP contribution in [0.2, 0.25) is 0 Å². The normalized spacial score (nSPS) is 19.8. The number of hydrogen-bond donors (Lipinski definition) is 0. The molecule has 0 saturated carbocycles. The molecule has 1 saturated heterocycles. The lowest BCUT2D eigenvalue weighted by Crippen LogP contribution is -2.37. The molecule has 1 aliphatic heterocycles. The number of hydrogen-bond acceptors (Lipinski definition) is 4. The van der Waals surface area contributed by atoms with Gasteiger partial charge < -0.3 is 4.90 Å². The van der Waals surface area contributed by atoms with E-state index in [9.17, 15) is 13.2 Å². The topological polar surface area (TPSA) is 46.8 Å². The van der Waals surface area contributed by atoms with Crippen molar-refractivity contribution in [3.63, 3.8) is 0 Å². The number of nitrogens with zero attached hydrogens (tertiary/aromatic N) is 5. The Morgan fingerprint density at radius 1 is 1.24 bits per heavy atom. The van der Waals surface area contributed by atoms with E-state index in [1.807, 2.05) is 4.90 Å². The van der Waals surface area contributed by atoms with E-state index in [4.69, 9.17) is 0 Å². The molecule has 0 aromatic carbocycles. The van der Waals surface area contributed by atoms with Crippen molar-refractivity contribution in [1.82, 2.24) is 19.7 Å². The minimum Gasteiger partial charge on any atom is -0.354 e. The van der Waals surface area contributed by atoms with Crippen molar-refractivity contribution in [2.75, 3.05) is 18.0 Å². The van der Waals surface area contributed by atoms with E-state index in [0.717, 1.165) is 18.9 Å². The minimum absolute atomic E-state index is 0.109. The molecule has 1 fully saturated rings. The Morgan fingerprint density at radius 3 is 2.81 bits per heavy atom. The van der Waals surface area contributed by atoms with Gasteiger partial charge in [-0.1, -0.05) is 6.07 Å². The predicted molar refractivity (Wildman–Crippen MR) is 69.7 cm³/mol. The summed E-state index contributed by atoms with van der Waals surface area (Å²) in [7, 11) is 0. The fourth-order valence-corrected chi connectivity index (χ4v) is 2.54. The van der Waals surface area contributed by atoms with Gasteiger partial charge in [0, 0.05) is 13.1 Å². The molecule has 1 atom stereocenters. The molecule has 2 aromatic heterocycles. The lowest BCUT2D eigenvalue weighted by Gasteiger charge is -2.33. The molecule has 3 heterocycles. The van der Waals surface area contributed by atoms with Crippen molar-refractivity contribution >= 4 is 5.82 Å². The van der Waals surface area contributed by atoms with Gasteiger partial charge in [0.2, 0.25) is 0 Å². The van der Waals surface area contributed by atoms with Gasteiger partial charge in [-0.2, -0.15) is 18.3 Å².